The molecule has 0 radical (unpaired) electrons. The monoisotopic (exact) mass is 197 g/mol. The van der Waals surface area contributed by atoms with Crippen LogP contribution in [-0.2, 0) is 0 Å². The van der Waals surface area contributed by atoms with E-state index in [2.05, 4.69) is 0 Å². The molecule has 0 aromatic carbocycles. The number of rotatable bonds is 4. The minimum atomic E-state index is -4.16. The molecule has 0 spiro atoms. The summed E-state index contributed by atoms with van der Waals surface area (Å²) < 4.78 is 36.1. The van der Waals surface area contributed by atoms with Crippen LogP contribution in [0.25, 0.3) is 0 Å². The fraction of sp³-hybridized carbons (Fsp3) is 1.00. The molecule has 0 saturated heterocycles. The van der Waals surface area contributed by atoms with Crippen LogP contribution in [0.2, 0.25) is 0 Å². The Morgan fingerprint density at radius 3 is 2.31 bits per heavy atom. The Hall–Kier alpha value is -0.290. The number of alkyl halides is 3. The standard InChI is InChI=1S/C8H14F3NO/c1-6(13)4-12(7-2-3-7)5-8(9,10)11/h6-7,13H,2-5H2,1H3. The first-order valence-corrected chi connectivity index (χ1v) is 4.37. The molecular weight excluding hydrogens is 183 g/mol. The third-order valence-corrected chi connectivity index (χ3v) is 1.94. The molecular formula is C8H14F3NO. The highest BCUT2D eigenvalue weighted by molar-refractivity contribution is 4.86. The van der Waals surface area contributed by atoms with Crippen molar-refractivity contribution in [2.45, 2.75) is 38.1 Å². The highest BCUT2D eigenvalue weighted by atomic mass is 19.4. The lowest BCUT2D eigenvalue weighted by Gasteiger charge is -2.24. The predicted molar refractivity (Wildman–Crippen MR) is 42.3 cm³/mol. The summed E-state index contributed by atoms with van der Waals surface area (Å²) in [6.07, 6.45) is -3.20. The van der Waals surface area contributed by atoms with Gasteiger partial charge in [0.25, 0.3) is 0 Å². The summed E-state index contributed by atoms with van der Waals surface area (Å²) in [5.74, 6) is 0. The zero-order chi connectivity index (χ0) is 10.1. The van der Waals surface area contributed by atoms with E-state index in [0.717, 1.165) is 12.8 Å². The van der Waals surface area contributed by atoms with Crippen molar-refractivity contribution in [3.05, 3.63) is 0 Å². The summed E-state index contributed by atoms with van der Waals surface area (Å²) in [4.78, 5) is 1.31. The highest BCUT2D eigenvalue weighted by Crippen LogP contribution is 2.29. The van der Waals surface area contributed by atoms with E-state index in [1.54, 1.807) is 0 Å². The zero-order valence-electron chi connectivity index (χ0n) is 7.51. The van der Waals surface area contributed by atoms with Gasteiger partial charge in [-0.1, -0.05) is 0 Å². The van der Waals surface area contributed by atoms with Crippen LogP contribution in [0, 0.1) is 0 Å². The molecule has 1 fully saturated rings. The quantitative estimate of drug-likeness (QED) is 0.736. The van der Waals surface area contributed by atoms with Gasteiger partial charge in [-0.2, -0.15) is 13.2 Å². The Morgan fingerprint density at radius 2 is 2.00 bits per heavy atom. The van der Waals surface area contributed by atoms with Gasteiger partial charge < -0.3 is 5.11 Å². The lowest BCUT2D eigenvalue weighted by atomic mass is 10.3. The minimum absolute atomic E-state index is 0.0382. The van der Waals surface area contributed by atoms with Crippen LogP contribution in [0.1, 0.15) is 19.8 Å². The molecule has 1 aliphatic rings. The van der Waals surface area contributed by atoms with Gasteiger partial charge >= 0.3 is 6.18 Å². The van der Waals surface area contributed by atoms with Crippen molar-refractivity contribution in [1.82, 2.24) is 4.90 Å². The smallest absolute Gasteiger partial charge is 0.392 e. The van der Waals surface area contributed by atoms with Gasteiger partial charge in [0.15, 0.2) is 0 Å². The van der Waals surface area contributed by atoms with Crippen molar-refractivity contribution in [3.8, 4) is 0 Å². The molecule has 1 atom stereocenters. The summed E-state index contributed by atoms with van der Waals surface area (Å²) in [5, 5.41) is 8.99. The molecule has 0 bridgehead atoms. The molecule has 0 heterocycles. The Morgan fingerprint density at radius 1 is 1.46 bits per heavy atom. The second-order valence-corrected chi connectivity index (χ2v) is 3.62. The predicted octanol–water partition coefficient (Wildman–Crippen LogP) is 1.39. The number of aliphatic hydroxyl groups is 1. The molecule has 1 saturated carbocycles. The molecule has 0 amide bonds. The third kappa shape index (κ3) is 4.47. The van der Waals surface area contributed by atoms with E-state index >= 15 is 0 Å². The van der Waals surface area contributed by atoms with E-state index in [-0.39, 0.29) is 12.6 Å². The topological polar surface area (TPSA) is 23.5 Å². The maximum absolute atomic E-state index is 12.0. The van der Waals surface area contributed by atoms with Gasteiger partial charge in [-0.05, 0) is 19.8 Å². The molecule has 78 valence electrons. The van der Waals surface area contributed by atoms with Crippen LogP contribution < -0.4 is 0 Å². The van der Waals surface area contributed by atoms with E-state index < -0.39 is 18.8 Å². The molecule has 1 N–H and O–H groups in total. The van der Waals surface area contributed by atoms with Crippen molar-refractivity contribution in [2.24, 2.45) is 0 Å². The van der Waals surface area contributed by atoms with Crippen molar-refractivity contribution >= 4 is 0 Å². The number of hydrogen-bond acceptors (Lipinski definition) is 2. The number of halogens is 3. The Labute approximate surface area is 75.3 Å². The van der Waals surface area contributed by atoms with Gasteiger partial charge in [0.05, 0.1) is 12.6 Å². The van der Waals surface area contributed by atoms with Gasteiger partial charge in [0.1, 0.15) is 0 Å². The van der Waals surface area contributed by atoms with Crippen LogP contribution >= 0.6 is 0 Å². The van der Waals surface area contributed by atoms with E-state index in [4.69, 9.17) is 5.11 Å². The number of hydrogen-bond donors (Lipinski definition) is 1. The summed E-state index contributed by atoms with van der Waals surface area (Å²) in [7, 11) is 0. The summed E-state index contributed by atoms with van der Waals surface area (Å²) in [6.45, 7) is 0.721. The van der Waals surface area contributed by atoms with E-state index in [1.165, 1.54) is 11.8 Å². The van der Waals surface area contributed by atoms with Crippen molar-refractivity contribution in [3.63, 3.8) is 0 Å². The third-order valence-electron chi connectivity index (χ3n) is 1.94. The van der Waals surface area contributed by atoms with Gasteiger partial charge in [-0.3, -0.25) is 4.90 Å². The van der Waals surface area contributed by atoms with Gasteiger partial charge in [-0.15, -0.1) is 0 Å². The van der Waals surface area contributed by atoms with Crippen molar-refractivity contribution < 1.29 is 18.3 Å². The summed E-state index contributed by atoms with van der Waals surface area (Å²) in [5.41, 5.74) is 0. The highest BCUT2D eigenvalue weighted by Gasteiger charge is 2.38. The van der Waals surface area contributed by atoms with Crippen LogP contribution in [-0.4, -0.2) is 41.4 Å². The number of aliphatic hydroxyl groups excluding tert-OH is 1. The van der Waals surface area contributed by atoms with E-state index in [0.29, 0.717) is 0 Å². The van der Waals surface area contributed by atoms with Crippen LogP contribution in [0.3, 0.4) is 0 Å². The Balaban J connectivity index is 2.38. The molecule has 0 aromatic rings. The lowest BCUT2D eigenvalue weighted by molar-refractivity contribution is -0.149. The zero-order valence-corrected chi connectivity index (χ0v) is 7.51. The number of nitrogens with zero attached hydrogens (tertiary/aromatic N) is 1. The lowest BCUT2D eigenvalue weighted by Crippen LogP contribution is -2.39. The fourth-order valence-electron chi connectivity index (χ4n) is 1.35. The first-order valence-electron chi connectivity index (χ1n) is 4.37. The normalized spacial score (nSPS) is 20.8. The first kappa shape index (κ1) is 10.8. The van der Waals surface area contributed by atoms with Crippen LogP contribution in [0.5, 0.6) is 0 Å². The fourth-order valence-corrected chi connectivity index (χ4v) is 1.35. The molecule has 1 aliphatic carbocycles. The average molecular weight is 197 g/mol. The largest absolute Gasteiger partial charge is 0.401 e. The Kier molecular flexibility index (Phi) is 3.18. The molecule has 0 aromatic heterocycles. The average Bonchev–Trinajstić information content (AvgIpc) is 2.60. The molecule has 2 nitrogen and oxygen atoms in total. The van der Waals surface area contributed by atoms with Crippen LogP contribution in [0.4, 0.5) is 13.2 Å². The van der Waals surface area contributed by atoms with Crippen LogP contribution in [0.15, 0.2) is 0 Å². The second kappa shape index (κ2) is 3.84. The van der Waals surface area contributed by atoms with E-state index in [9.17, 15) is 13.2 Å². The molecule has 13 heavy (non-hydrogen) atoms. The van der Waals surface area contributed by atoms with Crippen molar-refractivity contribution in [1.29, 1.82) is 0 Å². The molecule has 0 aliphatic heterocycles. The van der Waals surface area contributed by atoms with Gasteiger partial charge in [0.2, 0.25) is 0 Å². The maximum atomic E-state index is 12.0. The molecule has 1 rings (SSSR count). The van der Waals surface area contributed by atoms with Crippen molar-refractivity contribution in [2.75, 3.05) is 13.1 Å². The van der Waals surface area contributed by atoms with Gasteiger partial charge in [0, 0.05) is 12.6 Å². The first-order chi connectivity index (χ1) is 5.88. The summed E-state index contributed by atoms with van der Waals surface area (Å²) in [6, 6.07) is 0.0382. The Bertz CT molecular complexity index is 165. The molecule has 5 heteroatoms. The van der Waals surface area contributed by atoms with E-state index in [1.807, 2.05) is 0 Å². The SMILES string of the molecule is CC(O)CN(CC(F)(F)F)C1CC1. The maximum Gasteiger partial charge on any atom is 0.401 e. The second-order valence-electron chi connectivity index (χ2n) is 3.62. The summed E-state index contributed by atoms with van der Waals surface area (Å²) >= 11 is 0. The minimum Gasteiger partial charge on any atom is -0.392 e. The molecule has 1 unspecified atom stereocenters. The van der Waals surface area contributed by atoms with Gasteiger partial charge in [-0.25, -0.2) is 0 Å².